The molecule has 1 aliphatic rings. The molecule has 2 heterocycles. The molecule has 1 unspecified atom stereocenters. The van der Waals surface area contributed by atoms with Gasteiger partial charge in [0.25, 0.3) is 5.91 Å². The monoisotopic (exact) mass is 372 g/mol. The fourth-order valence-corrected chi connectivity index (χ4v) is 3.15. The van der Waals surface area contributed by atoms with E-state index in [1.54, 1.807) is 25.1 Å². The number of rotatable bonds is 8. The normalized spacial score (nSPS) is 15.3. The number of ether oxygens (including phenoxy) is 2. The SMILES string of the molecule is COCCNC(=O)c1cnn2c1CC(NC(=O)Cc1ccc(OC)cc1)C2. The second-order valence-corrected chi connectivity index (χ2v) is 6.43. The van der Waals surface area contributed by atoms with Gasteiger partial charge in [-0.05, 0) is 17.7 Å². The molecule has 27 heavy (non-hydrogen) atoms. The largest absolute Gasteiger partial charge is 0.497 e. The van der Waals surface area contributed by atoms with Crippen LogP contribution in [0.4, 0.5) is 0 Å². The smallest absolute Gasteiger partial charge is 0.254 e. The van der Waals surface area contributed by atoms with Crippen molar-refractivity contribution in [1.29, 1.82) is 0 Å². The molecule has 0 saturated carbocycles. The predicted molar refractivity (Wildman–Crippen MR) is 98.8 cm³/mol. The van der Waals surface area contributed by atoms with Gasteiger partial charge in [-0.2, -0.15) is 5.10 Å². The Labute approximate surface area is 157 Å². The highest BCUT2D eigenvalue weighted by atomic mass is 16.5. The van der Waals surface area contributed by atoms with Gasteiger partial charge in [0.05, 0.1) is 50.2 Å². The van der Waals surface area contributed by atoms with Gasteiger partial charge in [-0.15, -0.1) is 0 Å². The van der Waals surface area contributed by atoms with E-state index in [1.807, 2.05) is 24.3 Å². The van der Waals surface area contributed by atoms with Crippen molar-refractivity contribution in [1.82, 2.24) is 20.4 Å². The summed E-state index contributed by atoms with van der Waals surface area (Å²) in [4.78, 5) is 24.6. The first-order valence-electron chi connectivity index (χ1n) is 8.85. The average molecular weight is 372 g/mol. The molecule has 0 spiro atoms. The van der Waals surface area contributed by atoms with Crippen LogP contribution >= 0.6 is 0 Å². The molecule has 0 fully saturated rings. The molecular formula is C19H24N4O4. The summed E-state index contributed by atoms with van der Waals surface area (Å²) in [5, 5.41) is 10.1. The van der Waals surface area contributed by atoms with Crippen molar-refractivity contribution in [3.05, 3.63) is 47.3 Å². The zero-order chi connectivity index (χ0) is 19.2. The van der Waals surface area contributed by atoms with Gasteiger partial charge in [0.1, 0.15) is 5.75 Å². The van der Waals surface area contributed by atoms with E-state index in [0.717, 1.165) is 17.0 Å². The zero-order valence-electron chi connectivity index (χ0n) is 15.5. The lowest BCUT2D eigenvalue weighted by molar-refractivity contribution is -0.121. The fraction of sp³-hybridized carbons (Fsp3) is 0.421. The summed E-state index contributed by atoms with van der Waals surface area (Å²) < 4.78 is 11.8. The Kier molecular flexibility index (Phi) is 6.08. The topological polar surface area (TPSA) is 94.5 Å². The van der Waals surface area contributed by atoms with Crippen LogP contribution in [-0.2, 0) is 28.9 Å². The molecule has 8 heteroatoms. The maximum Gasteiger partial charge on any atom is 0.254 e. The van der Waals surface area contributed by atoms with Gasteiger partial charge in [-0.1, -0.05) is 12.1 Å². The number of methoxy groups -OCH3 is 2. The lowest BCUT2D eigenvalue weighted by Gasteiger charge is -2.12. The fourth-order valence-electron chi connectivity index (χ4n) is 3.15. The van der Waals surface area contributed by atoms with Crippen LogP contribution in [0.5, 0.6) is 5.75 Å². The molecule has 0 bridgehead atoms. The van der Waals surface area contributed by atoms with E-state index >= 15 is 0 Å². The Morgan fingerprint density at radius 2 is 2.04 bits per heavy atom. The van der Waals surface area contributed by atoms with Gasteiger partial charge >= 0.3 is 0 Å². The van der Waals surface area contributed by atoms with Crippen molar-refractivity contribution in [2.45, 2.75) is 25.4 Å². The van der Waals surface area contributed by atoms with Crippen LogP contribution < -0.4 is 15.4 Å². The molecule has 1 atom stereocenters. The van der Waals surface area contributed by atoms with Gasteiger partial charge < -0.3 is 20.1 Å². The molecular weight excluding hydrogens is 348 g/mol. The van der Waals surface area contributed by atoms with Gasteiger partial charge in [0.15, 0.2) is 0 Å². The molecule has 2 amide bonds. The van der Waals surface area contributed by atoms with Crippen molar-refractivity contribution in [3.63, 3.8) is 0 Å². The molecule has 1 aromatic carbocycles. The van der Waals surface area contributed by atoms with Gasteiger partial charge in [-0.3, -0.25) is 14.3 Å². The van der Waals surface area contributed by atoms with Crippen LogP contribution in [0.25, 0.3) is 0 Å². The second-order valence-electron chi connectivity index (χ2n) is 6.43. The van der Waals surface area contributed by atoms with Crippen molar-refractivity contribution in [2.24, 2.45) is 0 Å². The quantitative estimate of drug-likeness (QED) is 0.660. The van der Waals surface area contributed by atoms with Crippen LogP contribution in [0.15, 0.2) is 30.5 Å². The number of hydrogen-bond acceptors (Lipinski definition) is 5. The molecule has 1 aromatic heterocycles. The Balaban J connectivity index is 1.53. The first-order chi connectivity index (χ1) is 13.1. The highest BCUT2D eigenvalue weighted by Crippen LogP contribution is 2.19. The maximum atomic E-state index is 12.3. The molecule has 8 nitrogen and oxygen atoms in total. The minimum atomic E-state index is -0.168. The van der Waals surface area contributed by atoms with E-state index in [-0.39, 0.29) is 17.9 Å². The molecule has 0 aliphatic carbocycles. The predicted octanol–water partition coefficient (Wildman–Crippen LogP) is 0.552. The molecule has 3 rings (SSSR count). The first-order valence-corrected chi connectivity index (χ1v) is 8.85. The number of benzene rings is 1. The Bertz CT molecular complexity index is 801. The van der Waals surface area contributed by atoms with Crippen LogP contribution in [0.1, 0.15) is 21.6 Å². The lowest BCUT2D eigenvalue weighted by atomic mass is 10.1. The number of nitrogens with one attached hydrogen (secondary N) is 2. The second kappa shape index (κ2) is 8.68. The van der Waals surface area contributed by atoms with E-state index in [9.17, 15) is 9.59 Å². The molecule has 144 valence electrons. The number of carbonyl (C=O) groups excluding carboxylic acids is 2. The van der Waals surface area contributed by atoms with E-state index in [1.165, 1.54) is 0 Å². The number of aromatic nitrogens is 2. The summed E-state index contributed by atoms with van der Waals surface area (Å²) in [6, 6.07) is 7.36. The first kappa shape index (κ1) is 18.9. The summed E-state index contributed by atoms with van der Waals surface area (Å²) >= 11 is 0. The van der Waals surface area contributed by atoms with Gasteiger partial charge in [0.2, 0.25) is 5.91 Å². The van der Waals surface area contributed by atoms with Crippen LogP contribution in [0.2, 0.25) is 0 Å². The number of hydrogen-bond donors (Lipinski definition) is 2. The maximum absolute atomic E-state index is 12.3. The molecule has 0 radical (unpaired) electrons. The van der Waals surface area contributed by atoms with E-state index in [0.29, 0.717) is 38.1 Å². The third kappa shape index (κ3) is 4.65. The highest BCUT2D eigenvalue weighted by molar-refractivity contribution is 5.95. The summed E-state index contributed by atoms with van der Waals surface area (Å²) in [6.07, 6.45) is 2.46. The Morgan fingerprint density at radius 3 is 2.74 bits per heavy atom. The van der Waals surface area contributed by atoms with Crippen LogP contribution in [0, 0.1) is 0 Å². The minimum absolute atomic E-state index is 0.0537. The summed E-state index contributed by atoms with van der Waals surface area (Å²) in [7, 11) is 3.19. The standard InChI is InChI=1S/C19H24N4O4/c1-26-8-7-20-19(25)16-11-21-23-12-14(10-17(16)23)22-18(24)9-13-3-5-15(27-2)6-4-13/h3-6,11,14H,7-10,12H2,1-2H3,(H,20,25)(H,22,24). The van der Waals surface area contributed by atoms with Crippen molar-refractivity contribution < 1.29 is 19.1 Å². The van der Waals surface area contributed by atoms with Gasteiger partial charge in [0, 0.05) is 20.1 Å². The number of fused-ring (bicyclic) bond motifs is 1. The zero-order valence-corrected chi connectivity index (χ0v) is 15.5. The summed E-state index contributed by atoms with van der Waals surface area (Å²) in [5.41, 5.74) is 2.32. The third-order valence-corrected chi connectivity index (χ3v) is 4.51. The Morgan fingerprint density at radius 1 is 1.26 bits per heavy atom. The average Bonchev–Trinajstić information content (AvgIpc) is 3.22. The van der Waals surface area contributed by atoms with E-state index in [2.05, 4.69) is 15.7 Å². The lowest BCUT2D eigenvalue weighted by Crippen LogP contribution is -2.37. The van der Waals surface area contributed by atoms with E-state index < -0.39 is 0 Å². The van der Waals surface area contributed by atoms with Crippen molar-refractivity contribution in [2.75, 3.05) is 27.4 Å². The van der Waals surface area contributed by atoms with Crippen LogP contribution in [0.3, 0.4) is 0 Å². The highest BCUT2D eigenvalue weighted by Gasteiger charge is 2.28. The van der Waals surface area contributed by atoms with Gasteiger partial charge in [-0.25, -0.2) is 0 Å². The number of carbonyl (C=O) groups is 2. The molecule has 1 aliphatic heterocycles. The van der Waals surface area contributed by atoms with E-state index in [4.69, 9.17) is 9.47 Å². The van der Waals surface area contributed by atoms with Crippen molar-refractivity contribution in [3.8, 4) is 5.75 Å². The third-order valence-electron chi connectivity index (χ3n) is 4.51. The Hall–Kier alpha value is -2.87. The molecule has 0 saturated heterocycles. The molecule has 2 aromatic rings. The summed E-state index contributed by atoms with van der Waals surface area (Å²) in [6.45, 7) is 1.47. The summed E-state index contributed by atoms with van der Waals surface area (Å²) in [5.74, 6) is 0.539. The molecule has 2 N–H and O–H groups in total. The number of amides is 2. The van der Waals surface area contributed by atoms with Crippen LogP contribution in [-0.4, -0.2) is 55.0 Å². The minimum Gasteiger partial charge on any atom is -0.497 e. The number of nitrogens with zero attached hydrogens (tertiary/aromatic N) is 2. The van der Waals surface area contributed by atoms with Crippen molar-refractivity contribution >= 4 is 11.8 Å².